The number of halogens is 3. The van der Waals surface area contributed by atoms with Crippen molar-refractivity contribution in [3.63, 3.8) is 0 Å². The largest absolute Gasteiger partial charge is 0.451 e. The molecule has 3 aromatic rings. The van der Waals surface area contributed by atoms with Gasteiger partial charge in [-0.05, 0) is 11.6 Å². The van der Waals surface area contributed by atoms with E-state index in [4.69, 9.17) is 0 Å². The molecule has 1 atom stereocenters. The van der Waals surface area contributed by atoms with Crippen LogP contribution in [0.1, 0.15) is 30.1 Å². The van der Waals surface area contributed by atoms with Crippen LogP contribution < -0.4 is 0 Å². The highest BCUT2D eigenvalue weighted by Gasteiger charge is 2.34. The number of hydrogen-bond donors (Lipinski definition) is 0. The van der Waals surface area contributed by atoms with Crippen molar-refractivity contribution in [3.05, 3.63) is 60.1 Å². The summed E-state index contributed by atoms with van der Waals surface area (Å²) in [4.78, 5) is 15.4. The summed E-state index contributed by atoms with van der Waals surface area (Å²) in [6.45, 7) is 1.80. The summed E-state index contributed by atoms with van der Waals surface area (Å²) in [5, 5.41) is 0.905. The van der Waals surface area contributed by atoms with Gasteiger partial charge in [0, 0.05) is 29.9 Å². The normalized spacial score (nSPS) is 13.3. The van der Waals surface area contributed by atoms with Gasteiger partial charge < -0.3 is 0 Å². The standard InChI is InChI=1S/C15H11F3N4/c1-9(11-7-20-14(21-8-11)15(16,17)18)13-19-6-10-4-2-3-5-12(10)22-13/h2-9H,1H3. The summed E-state index contributed by atoms with van der Waals surface area (Å²) in [5.41, 5.74) is 1.32. The van der Waals surface area contributed by atoms with Crippen LogP contribution in [-0.4, -0.2) is 19.9 Å². The van der Waals surface area contributed by atoms with Gasteiger partial charge in [0.05, 0.1) is 5.52 Å². The van der Waals surface area contributed by atoms with Gasteiger partial charge in [0.25, 0.3) is 0 Å². The van der Waals surface area contributed by atoms with E-state index in [1.54, 1.807) is 13.1 Å². The van der Waals surface area contributed by atoms with Crippen LogP contribution in [0.2, 0.25) is 0 Å². The molecule has 0 spiro atoms. The smallest absolute Gasteiger partial charge is 0.240 e. The molecule has 22 heavy (non-hydrogen) atoms. The zero-order valence-electron chi connectivity index (χ0n) is 11.5. The first-order chi connectivity index (χ1) is 10.4. The maximum Gasteiger partial charge on any atom is 0.451 e. The molecule has 0 fully saturated rings. The number of aromatic nitrogens is 4. The van der Waals surface area contributed by atoms with Crippen LogP contribution in [0.5, 0.6) is 0 Å². The third-order valence-electron chi connectivity index (χ3n) is 3.32. The second-order valence-electron chi connectivity index (χ2n) is 4.85. The summed E-state index contributed by atoms with van der Waals surface area (Å²) in [5.74, 6) is -0.933. The number of alkyl halides is 3. The molecule has 112 valence electrons. The first-order valence-corrected chi connectivity index (χ1v) is 6.56. The van der Waals surface area contributed by atoms with Crippen molar-refractivity contribution in [2.24, 2.45) is 0 Å². The van der Waals surface area contributed by atoms with E-state index >= 15 is 0 Å². The summed E-state index contributed by atoms with van der Waals surface area (Å²) in [6.07, 6.45) is -0.515. The predicted octanol–water partition coefficient (Wildman–Crippen LogP) is 3.59. The van der Waals surface area contributed by atoms with Gasteiger partial charge in [-0.1, -0.05) is 25.1 Å². The van der Waals surface area contributed by atoms with Gasteiger partial charge in [0.1, 0.15) is 5.82 Å². The van der Waals surface area contributed by atoms with Crippen LogP contribution in [0.15, 0.2) is 42.9 Å². The molecule has 0 radical (unpaired) electrons. The number of nitrogens with zero attached hydrogens (tertiary/aromatic N) is 4. The molecule has 2 heterocycles. The summed E-state index contributed by atoms with van der Waals surface area (Å²) in [6, 6.07) is 7.50. The minimum Gasteiger partial charge on any atom is -0.240 e. The van der Waals surface area contributed by atoms with Crippen molar-refractivity contribution in [2.45, 2.75) is 19.0 Å². The monoisotopic (exact) mass is 304 g/mol. The molecular formula is C15H11F3N4. The molecule has 1 unspecified atom stereocenters. The van der Waals surface area contributed by atoms with Crippen molar-refractivity contribution in [2.75, 3.05) is 0 Å². The average Bonchev–Trinajstić information content (AvgIpc) is 2.53. The van der Waals surface area contributed by atoms with E-state index in [1.165, 1.54) is 12.4 Å². The molecule has 0 aliphatic rings. The average molecular weight is 304 g/mol. The molecule has 0 saturated carbocycles. The molecule has 0 amide bonds. The minimum absolute atomic E-state index is 0.299. The lowest BCUT2D eigenvalue weighted by Crippen LogP contribution is -2.12. The minimum atomic E-state index is -4.54. The van der Waals surface area contributed by atoms with E-state index in [1.807, 2.05) is 24.3 Å². The Bertz CT molecular complexity index is 800. The maximum absolute atomic E-state index is 12.5. The molecular weight excluding hydrogens is 293 g/mol. The molecule has 3 rings (SSSR count). The molecule has 2 aromatic heterocycles. The predicted molar refractivity (Wildman–Crippen MR) is 74.1 cm³/mol. The Morgan fingerprint density at radius 1 is 0.955 bits per heavy atom. The highest BCUT2D eigenvalue weighted by atomic mass is 19.4. The van der Waals surface area contributed by atoms with Gasteiger partial charge in [-0.2, -0.15) is 13.2 Å². The van der Waals surface area contributed by atoms with Crippen molar-refractivity contribution >= 4 is 10.9 Å². The number of fused-ring (bicyclic) bond motifs is 1. The SMILES string of the molecule is CC(c1cnc(C(F)(F)F)nc1)c1ncc2ccccc2n1. The zero-order chi connectivity index (χ0) is 15.7. The van der Waals surface area contributed by atoms with E-state index in [0.717, 1.165) is 10.9 Å². The highest BCUT2D eigenvalue weighted by molar-refractivity contribution is 5.77. The fraction of sp³-hybridized carbons (Fsp3) is 0.200. The topological polar surface area (TPSA) is 51.6 Å². The zero-order valence-corrected chi connectivity index (χ0v) is 11.5. The van der Waals surface area contributed by atoms with Crippen LogP contribution in [0.4, 0.5) is 13.2 Å². The van der Waals surface area contributed by atoms with Gasteiger partial charge >= 0.3 is 6.18 Å². The first-order valence-electron chi connectivity index (χ1n) is 6.56. The molecule has 4 nitrogen and oxygen atoms in total. The Kier molecular flexibility index (Phi) is 3.48. The van der Waals surface area contributed by atoms with E-state index in [2.05, 4.69) is 19.9 Å². The highest BCUT2D eigenvalue weighted by Crippen LogP contribution is 2.27. The quantitative estimate of drug-likeness (QED) is 0.726. The molecule has 0 N–H and O–H groups in total. The van der Waals surface area contributed by atoms with Crippen LogP contribution >= 0.6 is 0 Å². The number of hydrogen-bond acceptors (Lipinski definition) is 4. The number of rotatable bonds is 2. The first kappa shape index (κ1) is 14.4. The second-order valence-corrected chi connectivity index (χ2v) is 4.85. The maximum atomic E-state index is 12.5. The van der Waals surface area contributed by atoms with E-state index in [0.29, 0.717) is 11.4 Å². The van der Waals surface area contributed by atoms with Crippen LogP contribution in [0.25, 0.3) is 10.9 Å². The van der Waals surface area contributed by atoms with Crippen LogP contribution in [0, 0.1) is 0 Å². The number of para-hydroxylation sites is 1. The van der Waals surface area contributed by atoms with Gasteiger partial charge in [0.15, 0.2) is 0 Å². The van der Waals surface area contributed by atoms with Gasteiger partial charge in [-0.25, -0.2) is 19.9 Å². The molecule has 1 aromatic carbocycles. The van der Waals surface area contributed by atoms with Gasteiger partial charge in [0.2, 0.25) is 5.82 Å². The van der Waals surface area contributed by atoms with Crippen LogP contribution in [-0.2, 0) is 6.18 Å². The van der Waals surface area contributed by atoms with Crippen molar-refractivity contribution in [1.82, 2.24) is 19.9 Å². The molecule has 0 saturated heterocycles. The molecule has 0 aliphatic heterocycles. The number of benzene rings is 1. The third kappa shape index (κ3) is 2.74. The Morgan fingerprint density at radius 3 is 2.32 bits per heavy atom. The molecule has 7 heteroatoms. The van der Waals surface area contributed by atoms with Crippen molar-refractivity contribution in [3.8, 4) is 0 Å². The Labute approximate surface area is 124 Å². The summed E-state index contributed by atoms with van der Waals surface area (Å²) in [7, 11) is 0. The fourth-order valence-corrected chi connectivity index (χ4v) is 2.05. The van der Waals surface area contributed by atoms with Gasteiger partial charge in [-0.15, -0.1) is 0 Å². The van der Waals surface area contributed by atoms with Crippen molar-refractivity contribution in [1.29, 1.82) is 0 Å². The Morgan fingerprint density at radius 2 is 1.64 bits per heavy atom. The second kappa shape index (κ2) is 5.32. The van der Waals surface area contributed by atoms with E-state index < -0.39 is 12.0 Å². The lowest BCUT2D eigenvalue weighted by molar-refractivity contribution is -0.145. The van der Waals surface area contributed by atoms with E-state index in [9.17, 15) is 13.2 Å². The lowest BCUT2D eigenvalue weighted by atomic mass is 10.0. The van der Waals surface area contributed by atoms with E-state index in [-0.39, 0.29) is 5.92 Å². The summed E-state index contributed by atoms with van der Waals surface area (Å²) < 4.78 is 37.4. The van der Waals surface area contributed by atoms with Crippen LogP contribution in [0.3, 0.4) is 0 Å². The molecule has 0 aliphatic carbocycles. The molecule has 0 bridgehead atoms. The third-order valence-corrected chi connectivity index (χ3v) is 3.32. The van der Waals surface area contributed by atoms with Crippen molar-refractivity contribution < 1.29 is 13.2 Å². The Hall–Kier alpha value is -2.57. The fourth-order valence-electron chi connectivity index (χ4n) is 2.05. The van der Waals surface area contributed by atoms with Gasteiger partial charge in [-0.3, -0.25) is 0 Å². The Balaban J connectivity index is 1.93. The lowest BCUT2D eigenvalue weighted by Gasteiger charge is -2.11. The summed E-state index contributed by atoms with van der Waals surface area (Å²) >= 11 is 0.